The van der Waals surface area contributed by atoms with E-state index in [0.717, 1.165) is 144 Å². The molecule has 0 bridgehead atoms. The van der Waals surface area contributed by atoms with Gasteiger partial charge in [0.1, 0.15) is 12.3 Å². The molecule has 0 aromatic heterocycles. The first-order valence-electron chi connectivity index (χ1n) is 46.4. The van der Waals surface area contributed by atoms with Gasteiger partial charge in [0.25, 0.3) is 0 Å². The Morgan fingerprint density at radius 3 is 1.30 bits per heavy atom. The second kappa shape index (κ2) is 44.0. The fraction of sp³-hybridized carbons (Fsp3) is 0.642. The zero-order valence-electron chi connectivity index (χ0n) is 75.4. The third-order valence-corrected chi connectivity index (χ3v) is 30.7. The Morgan fingerprint density at radius 1 is 0.517 bits per heavy atom. The van der Waals surface area contributed by atoms with Crippen molar-refractivity contribution in [2.24, 2.45) is 63.1 Å². The molecule has 120 heavy (non-hydrogen) atoms. The Morgan fingerprint density at radius 2 is 0.883 bits per heavy atom. The van der Waals surface area contributed by atoms with E-state index in [2.05, 4.69) is 142 Å². The topological polar surface area (TPSA) is 185 Å². The number of fused-ring (bicyclic) bond motifs is 4. The van der Waals surface area contributed by atoms with Crippen LogP contribution in [0, 0.1) is 63.1 Å². The van der Waals surface area contributed by atoms with Gasteiger partial charge in [-0.2, -0.15) is 12.6 Å². The number of thiol groups is 1. The van der Waals surface area contributed by atoms with Gasteiger partial charge in [-0.1, -0.05) is 236 Å². The van der Waals surface area contributed by atoms with E-state index in [9.17, 15) is 53.4 Å². The summed E-state index contributed by atoms with van der Waals surface area (Å²) in [7, 11) is 0. The molecular weight excluding hydrogens is 1520 g/mol. The number of carbonyl (C=O) groups is 2. The molecule has 14 heteroatoms. The zero-order valence-corrected chi connectivity index (χ0v) is 76.3. The van der Waals surface area contributed by atoms with Crippen molar-refractivity contribution in [3.05, 3.63) is 213 Å². The average molecular weight is 1680 g/mol. The largest absolute Gasteiger partial charge is 0.463 e. The number of ether oxygens (including phenoxy) is 1. The average Bonchev–Trinajstić information content (AvgIpc) is 1.62. The van der Waals surface area contributed by atoms with Crippen LogP contribution < -0.4 is 0 Å². The number of hydrogen-bond acceptors (Lipinski definition) is 11. The van der Waals surface area contributed by atoms with Gasteiger partial charge in [-0.3, -0.25) is 4.79 Å². The van der Waals surface area contributed by atoms with E-state index < -0.39 is 53.8 Å². The number of aliphatic hydroxyl groups is 7. The predicted octanol–water partition coefficient (Wildman–Crippen LogP) is 24.3. The van der Waals surface area contributed by atoms with Gasteiger partial charge in [0.2, 0.25) is 0 Å². The summed E-state index contributed by atoms with van der Waals surface area (Å²) >= 11 is 4.61. The van der Waals surface area contributed by atoms with Crippen LogP contribution in [0.25, 0.3) is 0 Å². The number of hydrogen-bond donors (Lipinski definition) is 8. The number of halogens is 3. The highest BCUT2D eigenvalue weighted by Crippen LogP contribution is 2.61. The maximum atomic E-state index is 14.1. The van der Waals surface area contributed by atoms with E-state index in [1.165, 1.54) is 72.5 Å². The van der Waals surface area contributed by atoms with Crippen LogP contribution in [0.2, 0.25) is 0 Å². The lowest BCUT2D eigenvalue weighted by atomic mass is 9.62. The van der Waals surface area contributed by atoms with Crippen LogP contribution in [0.5, 0.6) is 0 Å². The van der Waals surface area contributed by atoms with Gasteiger partial charge < -0.3 is 40.5 Å². The van der Waals surface area contributed by atoms with Crippen molar-refractivity contribution in [1.82, 2.24) is 0 Å². The maximum Gasteiger partial charge on any atom is 0.330 e. The third kappa shape index (κ3) is 24.7. The number of aliphatic hydroxyl groups excluding tert-OH is 5. The summed E-state index contributed by atoms with van der Waals surface area (Å²) < 4.78 is 46.9. The first-order valence-corrected chi connectivity index (χ1v) is 47.0. The highest BCUT2D eigenvalue weighted by molar-refractivity contribution is 7.81. The van der Waals surface area contributed by atoms with Crippen molar-refractivity contribution < 1.29 is 63.2 Å². The number of Topliss-reactive ketones (excluding diaryl/α,β-unsaturated/α-hetero) is 1. The molecule has 0 aliphatic heterocycles. The molecule has 7 N–H and O–H groups in total. The standard InChI is InChI=1S/C29H44O2S.C27H37FO3.C26H37FO3.C24H35FO2/c1-6-29(31,7-2)17-8-10-20(3)25-14-15-26-22(11-9-16-28(25,26)5)12-13-23-18-24(30)19-27(32)21(23)4;1-5-31-26(30)10-6-8-18(2)23-13-14-24-20(9-7-15-27(23,24)4)11-12-21-16-22(29)17-25(28)19(21)3;1-17(7-5-13-25(2,3)30)21-11-12-22-18(8-6-14-26(21,22)4)9-10-19-15-20(28)16-23(27)24(19)29;1-17-19(15-21(27)16-23(17)25)10-9-18-7-6-13-24(2)20(11-12-22(18)24)8-4-3-5-14-26/h8,12-14,17,20,24,26-27,30-32H,4,6-7,9-11,15-16,18-19H2,1-3,5H3;6,10-13,18,22,24-25,29H,3,5,7-9,14-17H2,1-2,4H3;5,9-11,13,17,20,22-23,28,30H,6-8,12,14-16H2,1-4H3;9-11,21-23,26-27H,1,3-8,12-16H2,2H3/b17-8+,22-12+,23-13-;10-6+,20-11+,21-12-;13-5+,18-9+,19-10-;18-9+,19-10-. The fourth-order valence-corrected chi connectivity index (χ4v) is 23.3. The number of carbonyl (C=O) groups excluding carboxylic acids is 2. The van der Waals surface area contributed by atoms with Gasteiger partial charge in [-0.15, -0.1) is 0 Å². The van der Waals surface area contributed by atoms with Gasteiger partial charge in [0.15, 0.2) is 12.0 Å². The molecule has 0 heterocycles. The first-order chi connectivity index (χ1) is 56.9. The van der Waals surface area contributed by atoms with E-state index in [4.69, 9.17) is 9.84 Å². The molecule has 0 aromatic carbocycles. The van der Waals surface area contributed by atoms with E-state index >= 15 is 0 Å². The van der Waals surface area contributed by atoms with Crippen LogP contribution in [0.1, 0.15) is 295 Å². The molecular formula is C106H153F3O10S. The van der Waals surface area contributed by atoms with Crippen molar-refractivity contribution in [1.29, 1.82) is 0 Å². The minimum absolute atomic E-state index is 0.0618. The van der Waals surface area contributed by atoms with Gasteiger partial charge in [0, 0.05) is 49.2 Å². The normalized spacial score (nSPS) is 35.7. The highest BCUT2D eigenvalue weighted by Gasteiger charge is 2.50. The zero-order chi connectivity index (χ0) is 87.7. The van der Waals surface area contributed by atoms with Gasteiger partial charge in [-0.25, -0.2) is 18.0 Å². The summed E-state index contributed by atoms with van der Waals surface area (Å²) in [6, 6.07) is 0. The Labute approximate surface area is 726 Å². The second-order valence-electron chi connectivity index (χ2n) is 39.3. The lowest BCUT2D eigenvalue weighted by Crippen LogP contribution is -2.32. The molecule has 19 unspecified atom stereocenters. The number of unbranched alkanes of at least 4 members (excludes halogenated alkanes) is 2. The monoisotopic (exact) mass is 1680 g/mol. The lowest BCUT2D eigenvalue weighted by Gasteiger charge is -2.42. The third-order valence-electron chi connectivity index (χ3n) is 30.2. The fourth-order valence-electron chi connectivity index (χ4n) is 22.9. The lowest BCUT2D eigenvalue weighted by molar-refractivity contribution is -0.137. The Bertz CT molecular complexity index is 4090. The summed E-state index contributed by atoms with van der Waals surface area (Å²) in [6.07, 6.45) is 61.6. The Balaban J connectivity index is 0.000000182. The van der Waals surface area contributed by atoms with Gasteiger partial charge >= 0.3 is 5.97 Å². The van der Waals surface area contributed by atoms with Crippen LogP contribution in [-0.4, -0.2) is 120 Å². The number of ketones is 1. The van der Waals surface area contributed by atoms with E-state index in [1.807, 2.05) is 57.2 Å². The first kappa shape index (κ1) is 98.1. The van der Waals surface area contributed by atoms with Crippen LogP contribution in [0.4, 0.5) is 13.2 Å². The molecule has 8 saturated carbocycles. The number of allylic oxidation sites excluding steroid dienone is 25. The molecule has 10 nitrogen and oxygen atoms in total. The molecule has 664 valence electrons. The van der Waals surface area contributed by atoms with Crippen molar-refractivity contribution in [2.75, 3.05) is 13.2 Å². The smallest absolute Gasteiger partial charge is 0.330 e. The molecule has 0 saturated heterocycles. The van der Waals surface area contributed by atoms with Crippen molar-refractivity contribution >= 4 is 24.4 Å². The van der Waals surface area contributed by atoms with Crippen LogP contribution in [-0.2, 0) is 14.3 Å². The molecule has 12 aliphatic carbocycles. The summed E-state index contributed by atoms with van der Waals surface area (Å²) in [6.45, 7) is 38.7. The SMILES string of the molecule is C=C1/C(=C\C=C2/CCCC3(C)C(C(C)C/C=C/C(=O)OCC)=CCC23)CC(O)CC1F.C=C1/C(=C\C=C2/CCCC3(C)C(C(C)C/C=C/C(O)(CC)CC)=CCC23)CC(O)CC1S.C=C1/C(=C\C=C2/CCCC3(C)C(CCCCCO)=CCC23)CC(O)CC1F.CC(C/C=C/C(C)(C)O)C1=CCC2/C(=C/C=C3/CC(O)CC(F)C3=O)CCCC12C. The van der Waals surface area contributed by atoms with Crippen LogP contribution in [0.15, 0.2) is 213 Å². The highest BCUT2D eigenvalue weighted by atomic mass is 32.1. The summed E-state index contributed by atoms with van der Waals surface area (Å²) in [5.41, 5.74) is 16.7. The van der Waals surface area contributed by atoms with E-state index in [0.29, 0.717) is 97.0 Å². The second-order valence-corrected chi connectivity index (χ2v) is 39.9. The molecule has 0 spiro atoms. The predicted molar refractivity (Wildman–Crippen MR) is 491 cm³/mol. The number of rotatable bonds is 24. The van der Waals surface area contributed by atoms with Gasteiger partial charge in [-0.05, 0) is 297 Å². The van der Waals surface area contributed by atoms with Crippen molar-refractivity contribution in [3.63, 3.8) is 0 Å². The van der Waals surface area contributed by atoms with Crippen LogP contribution >= 0.6 is 12.6 Å². The molecule has 8 fully saturated rings. The number of esters is 1. The molecule has 12 rings (SSSR count). The molecule has 12 aliphatic rings. The van der Waals surface area contributed by atoms with Crippen molar-refractivity contribution in [2.45, 2.75) is 354 Å². The maximum absolute atomic E-state index is 14.1. The Kier molecular flexibility index (Phi) is 35.9. The minimum Gasteiger partial charge on any atom is -0.463 e. The van der Waals surface area contributed by atoms with Crippen LogP contribution in [0.3, 0.4) is 0 Å². The Hall–Kier alpha value is -5.68. The molecule has 0 amide bonds. The summed E-state index contributed by atoms with van der Waals surface area (Å²) in [4.78, 5) is 23.7. The molecule has 19 atom stereocenters. The summed E-state index contributed by atoms with van der Waals surface area (Å²) in [5.74, 6) is 2.56. The van der Waals surface area contributed by atoms with E-state index in [1.54, 1.807) is 36.6 Å². The van der Waals surface area contributed by atoms with Gasteiger partial charge in [0.05, 0.1) is 42.2 Å². The molecule has 0 radical (unpaired) electrons. The summed E-state index contributed by atoms with van der Waals surface area (Å²) in [5, 5.41) is 69.3. The van der Waals surface area contributed by atoms with E-state index in [-0.39, 0.29) is 64.7 Å². The van der Waals surface area contributed by atoms with Crippen molar-refractivity contribution in [3.8, 4) is 0 Å². The number of alkyl halides is 3. The quantitative estimate of drug-likeness (QED) is 0.0152. The molecule has 0 aromatic rings. The minimum atomic E-state index is -1.58.